The van der Waals surface area contributed by atoms with Gasteiger partial charge in [0.2, 0.25) is 5.91 Å². The predicted molar refractivity (Wildman–Crippen MR) is 64.2 cm³/mol. The van der Waals surface area contributed by atoms with E-state index >= 15 is 0 Å². The topological polar surface area (TPSA) is 106 Å². The van der Waals surface area contributed by atoms with E-state index in [0.29, 0.717) is 5.75 Å². The van der Waals surface area contributed by atoms with Crippen molar-refractivity contribution in [3.05, 3.63) is 0 Å². The molecular weight excluding hydrogens is 252 g/mol. The minimum atomic E-state index is -3.10. The van der Waals surface area contributed by atoms with Crippen molar-refractivity contribution < 1.29 is 17.4 Å². The molecule has 0 saturated carbocycles. The van der Waals surface area contributed by atoms with Gasteiger partial charge < -0.3 is 11.1 Å². The van der Waals surface area contributed by atoms with Gasteiger partial charge in [0.25, 0.3) is 0 Å². The summed E-state index contributed by atoms with van der Waals surface area (Å²) in [5, 5.41) is 2.50. The summed E-state index contributed by atoms with van der Waals surface area (Å²) in [5.74, 6) is -0.152. The highest BCUT2D eigenvalue weighted by atomic mass is 32.2. The van der Waals surface area contributed by atoms with E-state index in [1.807, 2.05) is 0 Å². The van der Waals surface area contributed by atoms with Gasteiger partial charge in [-0.3, -0.25) is 9.00 Å². The third-order valence-corrected chi connectivity index (χ3v) is 3.58. The fourth-order valence-corrected chi connectivity index (χ4v) is 1.99. The summed E-state index contributed by atoms with van der Waals surface area (Å²) in [6.45, 7) is 0.286. The minimum absolute atomic E-state index is 0.0971. The Morgan fingerprint density at radius 1 is 1.50 bits per heavy atom. The highest BCUT2D eigenvalue weighted by Crippen LogP contribution is 1.93. The van der Waals surface area contributed by atoms with E-state index in [1.165, 1.54) is 6.26 Å². The Hall–Kier alpha value is -0.470. The Bertz CT molecular complexity index is 353. The summed E-state index contributed by atoms with van der Waals surface area (Å²) in [6.07, 6.45) is 2.73. The quantitative estimate of drug-likeness (QED) is 0.570. The summed E-state index contributed by atoms with van der Waals surface area (Å²) in [7, 11) is -4.06. The number of nitrogens with one attached hydrogen (secondary N) is 1. The molecule has 0 fully saturated rings. The molecule has 2 atom stereocenters. The molecule has 0 aliphatic carbocycles. The lowest BCUT2D eigenvalue weighted by Gasteiger charge is -2.10. The second-order valence-electron chi connectivity index (χ2n) is 3.59. The van der Waals surface area contributed by atoms with Crippen LogP contribution in [0.2, 0.25) is 0 Å². The number of amides is 1. The van der Waals surface area contributed by atoms with Gasteiger partial charge in [-0.15, -0.1) is 0 Å². The summed E-state index contributed by atoms with van der Waals surface area (Å²) in [5.41, 5.74) is 5.49. The summed E-state index contributed by atoms with van der Waals surface area (Å²) in [4.78, 5) is 11.3. The van der Waals surface area contributed by atoms with E-state index in [0.717, 1.165) is 6.26 Å². The molecule has 8 heteroatoms. The first-order chi connectivity index (χ1) is 7.22. The van der Waals surface area contributed by atoms with Crippen molar-refractivity contribution in [1.82, 2.24) is 5.32 Å². The van der Waals surface area contributed by atoms with Crippen molar-refractivity contribution >= 4 is 26.5 Å². The van der Waals surface area contributed by atoms with E-state index in [-0.39, 0.29) is 18.7 Å². The lowest BCUT2D eigenvalue weighted by molar-refractivity contribution is -0.122. The second kappa shape index (κ2) is 6.97. The van der Waals surface area contributed by atoms with Gasteiger partial charge in [-0.1, -0.05) is 0 Å². The van der Waals surface area contributed by atoms with Crippen LogP contribution in [0.15, 0.2) is 0 Å². The smallest absolute Gasteiger partial charge is 0.236 e. The minimum Gasteiger partial charge on any atom is -0.354 e. The molecule has 0 heterocycles. The predicted octanol–water partition coefficient (Wildman–Crippen LogP) is -1.76. The first-order valence-corrected chi connectivity index (χ1v) is 8.52. The third-order valence-electron chi connectivity index (χ3n) is 1.83. The van der Waals surface area contributed by atoms with E-state index in [9.17, 15) is 17.4 Å². The number of hydrogen-bond donors (Lipinski definition) is 2. The number of carbonyl (C=O) groups excluding carboxylic acids is 1. The van der Waals surface area contributed by atoms with E-state index in [1.54, 1.807) is 0 Å². The summed E-state index contributed by atoms with van der Waals surface area (Å²) >= 11 is 0. The molecule has 0 aromatic rings. The van der Waals surface area contributed by atoms with Crippen molar-refractivity contribution in [1.29, 1.82) is 0 Å². The summed E-state index contributed by atoms with van der Waals surface area (Å²) < 4.78 is 32.4. The second-order valence-corrected chi connectivity index (χ2v) is 7.41. The lowest BCUT2D eigenvalue weighted by Crippen LogP contribution is -2.42. The van der Waals surface area contributed by atoms with Crippen molar-refractivity contribution in [3.63, 3.8) is 0 Å². The fraction of sp³-hybridized carbons (Fsp3) is 0.875. The van der Waals surface area contributed by atoms with E-state index < -0.39 is 32.6 Å². The van der Waals surface area contributed by atoms with Crippen LogP contribution < -0.4 is 11.1 Å². The molecule has 16 heavy (non-hydrogen) atoms. The van der Waals surface area contributed by atoms with Gasteiger partial charge in [0.1, 0.15) is 9.84 Å². The Morgan fingerprint density at radius 2 is 2.06 bits per heavy atom. The fourth-order valence-electron chi connectivity index (χ4n) is 0.921. The molecule has 3 N–H and O–H groups in total. The first-order valence-electron chi connectivity index (χ1n) is 4.73. The Labute approximate surface area is 98.3 Å². The number of rotatable bonds is 7. The molecule has 0 saturated heterocycles. The number of nitrogens with two attached hydrogens (primary N) is 1. The van der Waals surface area contributed by atoms with Crippen LogP contribution in [0.1, 0.15) is 6.42 Å². The maximum atomic E-state index is 11.3. The molecule has 0 aliphatic rings. The van der Waals surface area contributed by atoms with Gasteiger partial charge in [0, 0.05) is 35.6 Å². The zero-order chi connectivity index (χ0) is 12.8. The average molecular weight is 270 g/mol. The Morgan fingerprint density at radius 3 is 2.50 bits per heavy atom. The molecule has 2 unspecified atom stereocenters. The number of hydrogen-bond acceptors (Lipinski definition) is 5. The van der Waals surface area contributed by atoms with Crippen LogP contribution in [-0.2, 0) is 25.4 Å². The normalized spacial score (nSPS) is 15.4. The molecule has 1 amide bonds. The molecule has 0 rings (SSSR count). The lowest BCUT2D eigenvalue weighted by atomic mass is 10.2. The Balaban J connectivity index is 3.86. The van der Waals surface area contributed by atoms with E-state index in [2.05, 4.69) is 5.32 Å². The van der Waals surface area contributed by atoms with Crippen molar-refractivity contribution in [2.45, 2.75) is 12.5 Å². The van der Waals surface area contributed by atoms with Crippen molar-refractivity contribution in [3.8, 4) is 0 Å². The molecule has 0 aromatic carbocycles. The average Bonchev–Trinajstić information content (AvgIpc) is 2.12. The Kier molecular flexibility index (Phi) is 6.77. The number of sulfone groups is 1. The molecular formula is C8H18N2O4S2. The van der Waals surface area contributed by atoms with Gasteiger partial charge in [0.15, 0.2) is 0 Å². The molecule has 96 valence electrons. The standard InChI is InChI=1S/C8H18N2O4S2/c1-15(12)5-4-10-8(11)7(9)3-6-16(2,13)14/h7H,3-6,9H2,1-2H3,(H,10,11). The molecule has 0 radical (unpaired) electrons. The van der Waals surface area contributed by atoms with Crippen LogP contribution >= 0.6 is 0 Å². The summed E-state index contributed by atoms with van der Waals surface area (Å²) in [6, 6.07) is -0.833. The van der Waals surface area contributed by atoms with Crippen molar-refractivity contribution in [2.24, 2.45) is 5.73 Å². The largest absolute Gasteiger partial charge is 0.354 e. The molecule has 0 aromatic heterocycles. The van der Waals surface area contributed by atoms with Crippen LogP contribution in [0.3, 0.4) is 0 Å². The van der Waals surface area contributed by atoms with Gasteiger partial charge >= 0.3 is 0 Å². The SMILES string of the molecule is CS(=O)CCNC(=O)C(N)CCS(C)(=O)=O. The van der Waals surface area contributed by atoms with Crippen LogP contribution in [-0.4, -0.2) is 55.1 Å². The monoisotopic (exact) mass is 270 g/mol. The third kappa shape index (κ3) is 8.81. The molecule has 0 spiro atoms. The van der Waals surface area contributed by atoms with Gasteiger partial charge in [0.05, 0.1) is 11.8 Å². The highest BCUT2D eigenvalue weighted by Gasteiger charge is 2.15. The zero-order valence-corrected chi connectivity index (χ0v) is 11.1. The molecule has 6 nitrogen and oxygen atoms in total. The molecule has 0 aliphatic heterocycles. The van der Waals surface area contributed by atoms with Crippen LogP contribution in [0, 0.1) is 0 Å². The van der Waals surface area contributed by atoms with Gasteiger partial charge in [-0.2, -0.15) is 0 Å². The van der Waals surface area contributed by atoms with Crippen LogP contribution in [0.5, 0.6) is 0 Å². The van der Waals surface area contributed by atoms with Crippen LogP contribution in [0.4, 0.5) is 0 Å². The van der Waals surface area contributed by atoms with E-state index in [4.69, 9.17) is 5.73 Å². The van der Waals surface area contributed by atoms with Crippen molar-refractivity contribution in [2.75, 3.05) is 30.6 Å². The van der Waals surface area contributed by atoms with Crippen LogP contribution in [0.25, 0.3) is 0 Å². The van der Waals surface area contributed by atoms with Gasteiger partial charge in [-0.25, -0.2) is 8.42 Å². The zero-order valence-electron chi connectivity index (χ0n) is 9.43. The number of carbonyl (C=O) groups is 1. The first kappa shape index (κ1) is 15.5. The highest BCUT2D eigenvalue weighted by molar-refractivity contribution is 7.90. The van der Waals surface area contributed by atoms with Gasteiger partial charge in [-0.05, 0) is 6.42 Å². The molecule has 0 bridgehead atoms. The maximum absolute atomic E-state index is 11.3. The maximum Gasteiger partial charge on any atom is 0.236 e.